The molecule has 5 aliphatic rings. The van der Waals surface area contributed by atoms with Crippen LogP contribution in [-0.4, -0.2) is 132 Å². The number of nitrogens with one attached hydrogen (secondary N) is 8. The van der Waals surface area contributed by atoms with Crippen LogP contribution in [0.2, 0.25) is 0 Å². The highest BCUT2D eigenvalue weighted by atomic mass is 16.2. The first kappa shape index (κ1) is 73.0. The smallest absolute Gasteiger partial charge is 0.247 e. The molecule has 4 saturated heterocycles. The van der Waals surface area contributed by atoms with Crippen molar-refractivity contribution in [2.75, 3.05) is 27.2 Å². The van der Waals surface area contributed by atoms with Crippen LogP contribution in [0.4, 0.5) is 0 Å². The van der Waals surface area contributed by atoms with Crippen LogP contribution >= 0.6 is 0 Å². The Morgan fingerprint density at radius 3 is 1.45 bits per heavy atom. The zero-order valence-corrected chi connectivity index (χ0v) is 57.6. The van der Waals surface area contributed by atoms with E-state index in [4.69, 9.17) is 0 Å². The molecule has 18 heteroatoms. The highest BCUT2D eigenvalue weighted by molar-refractivity contribution is 5.97. The van der Waals surface area contributed by atoms with Gasteiger partial charge in [0.1, 0.15) is 36.3 Å². The van der Waals surface area contributed by atoms with Gasteiger partial charge in [0.2, 0.25) is 41.4 Å². The second-order valence-electron chi connectivity index (χ2n) is 28.1. The van der Waals surface area contributed by atoms with Crippen molar-refractivity contribution in [3.05, 3.63) is 144 Å². The first-order chi connectivity index (χ1) is 46.8. The summed E-state index contributed by atoms with van der Waals surface area (Å²) < 4.78 is 0. The normalized spacial score (nSPS) is 24.6. The lowest BCUT2D eigenvalue weighted by atomic mass is 9.78. The number of carbonyl (C=O) groups excluding carboxylic acids is 8. The van der Waals surface area contributed by atoms with Gasteiger partial charge in [0.25, 0.3) is 0 Å². The van der Waals surface area contributed by atoms with Crippen molar-refractivity contribution in [1.82, 2.24) is 52.3 Å². The average Bonchev–Trinajstić information content (AvgIpc) is 1.64. The Hall–Kier alpha value is -7.28. The van der Waals surface area contributed by atoms with Crippen molar-refractivity contribution in [2.24, 2.45) is 23.7 Å². The fourth-order valence-electron chi connectivity index (χ4n) is 16.2. The molecule has 9 rings (SSSR count). The quantitative estimate of drug-likeness (QED) is 0.0202. The lowest BCUT2D eigenvalue weighted by Gasteiger charge is -2.33. The van der Waals surface area contributed by atoms with E-state index in [9.17, 15) is 38.4 Å². The molecule has 4 aromatic carbocycles. The lowest BCUT2D eigenvalue weighted by molar-refractivity contribution is -0.144. The Balaban J connectivity index is 0.702. The number of amides is 7. The average molecular weight is 1320 g/mol. The highest BCUT2D eigenvalue weighted by Gasteiger charge is 2.50. The third-order valence-corrected chi connectivity index (χ3v) is 21.8. The number of carbonyl (C=O) groups is 8. The summed E-state index contributed by atoms with van der Waals surface area (Å²) in [6.07, 6.45) is 20.6. The number of Topliss-reactive ketones (excluding diaryl/α,β-unsaturated/α-hetero) is 1. The Kier molecular flexibility index (Phi) is 28.5. The molecule has 7 amide bonds. The third-order valence-electron chi connectivity index (χ3n) is 21.8. The molecular formula is C78H110N10O8. The molecule has 5 fully saturated rings. The fraction of sp³-hybridized carbons (Fsp3) is 0.590. The Labute approximate surface area is 570 Å². The van der Waals surface area contributed by atoms with Gasteiger partial charge in [-0.15, -0.1) is 0 Å². The summed E-state index contributed by atoms with van der Waals surface area (Å²) in [5.41, 5.74) is 3.76. The molecular weight excluding hydrogens is 1200 g/mol. The predicted molar refractivity (Wildman–Crippen MR) is 375 cm³/mol. The Morgan fingerprint density at radius 2 is 0.927 bits per heavy atom. The van der Waals surface area contributed by atoms with Crippen LogP contribution in [0.1, 0.15) is 202 Å². The zero-order chi connectivity index (χ0) is 67.8. The summed E-state index contributed by atoms with van der Waals surface area (Å²) in [4.78, 5) is 118. The summed E-state index contributed by atoms with van der Waals surface area (Å²) in [5.74, 6) is -0.893. The Bertz CT molecular complexity index is 2900. The SMILES string of the molecule is CC[C@H](NC)C(=O)N[C@@H]1C(=O)N2[C@@H](CC[C@@H]1CNCc1ccccc1)CC[C@H]2C(=O)N[C@H](C(=O)CCCCCC1CCC(CCCCNC(=O)[C@@H](NC(=O)[C@@H]2CC[C@@H]3CC[C@H](CCCc4ccccc4)[C@H](NC(=O)[C@H](CC)NC)C(=O)N32)c2ccccc2)CC1)c1ccccc1. The molecule has 4 aromatic rings. The van der Waals surface area contributed by atoms with Gasteiger partial charge < -0.3 is 52.3 Å². The second kappa shape index (κ2) is 37.5. The molecule has 4 heterocycles. The van der Waals surface area contributed by atoms with Gasteiger partial charge in [-0.3, -0.25) is 38.4 Å². The van der Waals surface area contributed by atoms with Gasteiger partial charge in [-0.1, -0.05) is 193 Å². The van der Waals surface area contributed by atoms with Crippen LogP contribution in [-0.2, 0) is 51.3 Å². The minimum absolute atomic E-state index is 0.0432. The highest BCUT2D eigenvalue weighted by Crippen LogP contribution is 2.39. The number of benzene rings is 4. The minimum Gasteiger partial charge on any atom is -0.354 e. The van der Waals surface area contributed by atoms with Crippen LogP contribution in [0.5, 0.6) is 0 Å². The number of unbranched alkanes of at least 4 members (excludes halogenated alkanes) is 3. The number of hydrogen-bond acceptors (Lipinski definition) is 11. The molecule has 1 aliphatic carbocycles. The third kappa shape index (κ3) is 19.9. The van der Waals surface area contributed by atoms with Crippen LogP contribution in [0.3, 0.4) is 0 Å². The molecule has 12 atom stereocenters. The predicted octanol–water partition coefficient (Wildman–Crippen LogP) is 9.63. The summed E-state index contributed by atoms with van der Waals surface area (Å²) >= 11 is 0. The maximum Gasteiger partial charge on any atom is 0.247 e. The van der Waals surface area contributed by atoms with E-state index in [1.165, 1.54) is 31.2 Å². The number of aryl methyl sites for hydroxylation is 1. The first-order valence-electron chi connectivity index (χ1n) is 36.7. The van der Waals surface area contributed by atoms with Crippen molar-refractivity contribution < 1.29 is 38.4 Å². The van der Waals surface area contributed by atoms with Crippen molar-refractivity contribution in [2.45, 2.75) is 241 Å². The molecule has 0 bridgehead atoms. The van der Waals surface area contributed by atoms with Crippen molar-refractivity contribution in [1.29, 1.82) is 0 Å². The van der Waals surface area contributed by atoms with E-state index in [0.29, 0.717) is 94.8 Å². The number of rotatable bonds is 35. The molecule has 4 aliphatic heterocycles. The molecule has 0 radical (unpaired) electrons. The van der Waals surface area contributed by atoms with E-state index in [-0.39, 0.29) is 71.1 Å². The molecule has 0 unspecified atom stereocenters. The summed E-state index contributed by atoms with van der Waals surface area (Å²) in [7, 11) is 3.49. The molecule has 0 aromatic heterocycles. The maximum atomic E-state index is 14.8. The van der Waals surface area contributed by atoms with E-state index in [0.717, 1.165) is 88.2 Å². The van der Waals surface area contributed by atoms with Gasteiger partial charge in [-0.2, -0.15) is 0 Å². The number of likely N-dealkylation sites (N-methyl/N-ethyl adjacent to an activating group) is 2. The maximum absolute atomic E-state index is 14.8. The lowest BCUT2D eigenvalue weighted by Crippen LogP contribution is -2.59. The number of ketones is 1. The fourth-order valence-corrected chi connectivity index (χ4v) is 16.2. The van der Waals surface area contributed by atoms with Gasteiger partial charge in [0, 0.05) is 44.1 Å². The topological polar surface area (TPSA) is 239 Å². The van der Waals surface area contributed by atoms with Gasteiger partial charge in [0.15, 0.2) is 5.78 Å². The summed E-state index contributed by atoms with van der Waals surface area (Å²) in [5, 5.41) is 25.3. The molecule has 18 nitrogen and oxygen atoms in total. The van der Waals surface area contributed by atoms with E-state index >= 15 is 0 Å². The minimum atomic E-state index is -0.940. The number of hydrogen-bond donors (Lipinski definition) is 8. The molecule has 1 saturated carbocycles. The van der Waals surface area contributed by atoms with Crippen LogP contribution < -0.4 is 42.5 Å². The van der Waals surface area contributed by atoms with Crippen LogP contribution in [0, 0.1) is 23.7 Å². The second-order valence-corrected chi connectivity index (χ2v) is 28.1. The molecule has 0 spiro atoms. The van der Waals surface area contributed by atoms with E-state index in [2.05, 4.69) is 66.8 Å². The van der Waals surface area contributed by atoms with E-state index in [1.54, 1.807) is 23.9 Å². The zero-order valence-electron chi connectivity index (χ0n) is 57.6. The van der Waals surface area contributed by atoms with Crippen LogP contribution in [0.25, 0.3) is 0 Å². The van der Waals surface area contributed by atoms with Crippen molar-refractivity contribution >= 4 is 47.1 Å². The largest absolute Gasteiger partial charge is 0.354 e. The van der Waals surface area contributed by atoms with E-state index < -0.39 is 48.3 Å². The van der Waals surface area contributed by atoms with Crippen LogP contribution in [0.15, 0.2) is 121 Å². The Morgan fingerprint density at radius 1 is 0.469 bits per heavy atom. The van der Waals surface area contributed by atoms with Crippen molar-refractivity contribution in [3.63, 3.8) is 0 Å². The van der Waals surface area contributed by atoms with E-state index in [1.807, 2.05) is 111 Å². The summed E-state index contributed by atoms with van der Waals surface area (Å²) in [6.45, 7) is 5.51. The molecule has 8 N–H and O–H groups in total. The first-order valence-corrected chi connectivity index (χ1v) is 36.7. The van der Waals surface area contributed by atoms with Gasteiger partial charge >= 0.3 is 0 Å². The van der Waals surface area contributed by atoms with Gasteiger partial charge in [0.05, 0.1) is 12.1 Å². The monoisotopic (exact) mass is 1310 g/mol. The number of fused-ring (bicyclic) bond motifs is 2. The van der Waals surface area contributed by atoms with Gasteiger partial charge in [-0.05, 0) is 150 Å². The number of nitrogens with zero attached hydrogens (tertiary/aromatic N) is 2. The summed E-state index contributed by atoms with van der Waals surface area (Å²) in [6, 6.07) is 33.1. The molecule has 520 valence electrons. The van der Waals surface area contributed by atoms with Crippen molar-refractivity contribution in [3.8, 4) is 0 Å². The standard InChI is InChI=1S/C78H110N10O8/c1-5-63(79-3)72(90)85-70-59(36-24-31-53-25-12-7-13-26-53)42-44-61-46-49-66(87(61)77(70)95)75(93)84-69(58-34-19-11-20-35-58)76(94)82-50-23-22-28-55-40-38-54(39-41-55)27-14-9-21-37-67(89)68(57-32-17-10-18-33-57)83-74(92)65-48-47-62-45-43-60(52-81-51-56-29-15-8-16-30-56)71(78(96)88(62)65)86-73(91)64(6-2)80-4/h7-8,10-13,15-20,25-26,29-30,32-35,54-55,59-66,68-71,79-81H,5-6,9,14,21-24,27-28,31,36-52H2,1-4H3,(H,82,94)(H,83,92)(H,84,93)(H,85,90)(H,86,91)/t54?,55?,59-,60+,61-,62-,63-,64-,65-,66-,68-,69-,70-,71-/m0/s1. The molecule has 96 heavy (non-hydrogen) atoms. The van der Waals surface area contributed by atoms with Gasteiger partial charge in [-0.25, -0.2) is 0 Å².